The fraction of sp³-hybridized carbons (Fsp3) is 0.941. The first-order chi connectivity index (χ1) is 10.2. The molecule has 2 atom stereocenters. The van der Waals surface area contributed by atoms with Crippen LogP contribution in [0.15, 0.2) is 0 Å². The van der Waals surface area contributed by atoms with Gasteiger partial charge in [0.2, 0.25) is 5.91 Å². The molecule has 0 aliphatic carbocycles. The predicted molar refractivity (Wildman–Crippen MR) is 85.3 cm³/mol. The van der Waals surface area contributed by atoms with Crippen molar-refractivity contribution in [2.45, 2.75) is 57.9 Å². The van der Waals surface area contributed by atoms with Crippen molar-refractivity contribution in [2.24, 2.45) is 5.92 Å². The highest BCUT2D eigenvalue weighted by Gasteiger charge is 2.30. The standard InChI is InChI=1S/C17H32N2O2/c1-15(8-7-13-21-2)17(20)19-12-6-9-16(14-19)18-10-4-3-5-11-18/h15-16H,3-14H2,1-2H3/t15-,16+/m1/s1. The molecule has 0 radical (unpaired) electrons. The van der Waals surface area contributed by atoms with Crippen molar-refractivity contribution >= 4 is 5.91 Å². The molecule has 2 saturated heterocycles. The highest BCUT2D eigenvalue weighted by molar-refractivity contribution is 5.78. The molecule has 122 valence electrons. The maximum atomic E-state index is 12.6. The minimum absolute atomic E-state index is 0.139. The van der Waals surface area contributed by atoms with Crippen LogP contribution < -0.4 is 0 Å². The lowest BCUT2D eigenvalue weighted by atomic mass is 9.98. The Balaban J connectivity index is 1.80. The van der Waals surface area contributed by atoms with Gasteiger partial charge in [0.05, 0.1) is 0 Å². The monoisotopic (exact) mass is 296 g/mol. The maximum Gasteiger partial charge on any atom is 0.225 e. The molecule has 0 aromatic heterocycles. The van der Waals surface area contributed by atoms with Crippen LogP contribution in [-0.2, 0) is 9.53 Å². The summed E-state index contributed by atoms with van der Waals surface area (Å²) < 4.78 is 5.08. The third-order valence-corrected chi connectivity index (χ3v) is 5.02. The van der Waals surface area contributed by atoms with Crippen LogP contribution >= 0.6 is 0 Å². The largest absolute Gasteiger partial charge is 0.385 e. The van der Waals surface area contributed by atoms with E-state index in [1.807, 2.05) is 0 Å². The summed E-state index contributed by atoms with van der Waals surface area (Å²) in [5, 5.41) is 0. The molecule has 2 heterocycles. The van der Waals surface area contributed by atoms with Gasteiger partial charge >= 0.3 is 0 Å². The Hall–Kier alpha value is -0.610. The van der Waals surface area contributed by atoms with E-state index in [2.05, 4.69) is 16.7 Å². The van der Waals surface area contributed by atoms with Gasteiger partial charge < -0.3 is 9.64 Å². The summed E-state index contributed by atoms with van der Waals surface area (Å²) >= 11 is 0. The minimum Gasteiger partial charge on any atom is -0.385 e. The Labute approximate surface area is 129 Å². The van der Waals surface area contributed by atoms with Gasteiger partial charge in [-0.15, -0.1) is 0 Å². The number of piperidine rings is 2. The molecule has 0 bridgehead atoms. The van der Waals surface area contributed by atoms with Gasteiger partial charge in [-0.25, -0.2) is 0 Å². The molecule has 0 N–H and O–H groups in total. The summed E-state index contributed by atoms with van der Waals surface area (Å²) in [5.41, 5.74) is 0. The summed E-state index contributed by atoms with van der Waals surface area (Å²) in [6.07, 6.45) is 8.39. The average Bonchev–Trinajstić information content (AvgIpc) is 2.55. The number of rotatable bonds is 6. The number of hydrogen-bond acceptors (Lipinski definition) is 3. The summed E-state index contributed by atoms with van der Waals surface area (Å²) in [5.74, 6) is 0.494. The Bertz CT molecular complexity index is 316. The van der Waals surface area contributed by atoms with Crippen molar-refractivity contribution in [3.8, 4) is 0 Å². The Kier molecular flexibility index (Phi) is 6.97. The molecule has 4 nitrogen and oxygen atoms in total. The van der Waals surface area contributed by atoms with E-state index >= 15 is 0 Å². The molecule has 0 aromatic rings. The fourth-order valence-electron chi connectivity index (χ4n) is 3.71. The third-order valence-electron chi connectivity index (χ3n) is 5.02. The predicted octanol–water partition coefficient (Wildman–Crippen LogP) is 2.53. The van der Waals surface area contributed by atoms with Crippen molar-refractivity contribution in [3.63, 3.8) is 0 Å². The van der Waals surface area contributed by atoms with Crippen LogP contribution in [0.3, 0.4) is 0 Å². The highest BCUT2D eigenvalue weighted by atomic mass is 16.5. The van der Waals surface area contributed by atoms with E-state index in [0.717, 1.165) is 39.0 Å². The Morgan fingerprint density at radius 2 is 1.95 bits per heavy atom. The maximum absolute atomic E-state index is 12.6. The van der Waals surface area contributed by atoms with Gasteiger partial charge in [0.1, 0.15) is 0 Å². The lowest BCUT2D eigenvalue weighted by Crippen LogP contribution is -2.52. The minimum atomic E-state index is 0.139. The quantitative estimate of drug-likeness (QED) is 0.706. The summed E-state index contributed by atoms with van der Waals surface area (Å²) in [4.78, 5) is 17.3. The van der Waals surface area contributed by atoms with Crippen LogP contribution in [0.25, 0.3) is 0 Å². The number of likely N-dealkylation sites (tertiary alicyclic amines) is 2. The van der Waals surface area contributed by atoms with Gasteiger partial charge in [-0.05, 0) is 51.6 Å². The average molecular weight is 296 g/mol. The zero-order chi connectivity index (χ0) is 15.1. The van der Waals surface area contributed by atoms with Gasteiger partial charge in [-0.3, -0.25) is 9.69 Å². The molecule has 2 aliphatic rings. The first-order valence-electron chi connectivity index (χ1n) is 8.74. The van der Waals surface area contributed by atoms with Crippen LogP contribution in [0.4, 0.5) is 0 Å². The van der Waals surface area contributed by atoms with Gasteiger partial charge in [0.15, 0.2) is 0 Å². The topological polar surface area (TPSA) is 32.8 Å². The van der Waals surface area contributed by atoms with Crippen LogP contribution in [0.1, 0.15) is 51.9 Å². The molecule has 0 unspecified atom stereocenters. The number of nitrogens with zero attached hydrogens (tertiary/aromatic N) is 2. The lowest BCUT2D eigenvalue weighted by Gasteiger charge is -2.41. The van der Waals surface area contributed by atoms with Gasteiger partial charge in [-0.2, -0.15) is 0 Å². The van der Waals surface area contributed by atoms with Crippen molar-refractivity contribution in [3.05, 3.63) is 0 Å². The molecule has 2 rings (SSSR count). The zero-order valence-electron chi connectivity index (χ0n) is 13.9. The normalized spacial score (nSPS) is 25.8. The molecule has 0 aromatic carbocycles. The van der Waals surface area contributed by atoms with Gasteiger partial charge in [-0.1, -0.05) is 13.3 Å². The van der Waals surface area contributed by atoms with Crippen LogP contribution in [0, 0.1) is 5.92 Å². The number of methoxy groups -OCH3 is 1. The Morgan fingerprint density at radius 3 is 2.67 bits per heavy atom. The van der Waals surface area contributed by atoms with E-state index in [1.165, 1.54) is 38.8 Å². The van der Waals surface area contributed by atoms with Crippen molar-refractivity contribution in [1.82, 2.24) is 9.80 Å². The van der Waals surface area contributed by atoms with E-state index in [4.69, 9.17) is 4.74 Å². The number of hydrogen-bond donors (Lipinski definition) is 0. The SMILES string of the molecule is COCCC[C@@H](C)C(=O)N1CCC[C@H](N2CCCCC2)C1. The zero-order valence-corrected chi connectivity index (χ0v) is 13.9. The van der Waals surface area contributed by atoms with E-state index in [0.29, 0.717) is 11.9 Å². The van der Waals surface area contributed by atoms with Crippen molar-refractivity contribution in [2.75, 3.05) is 39.9 Å². The molecule has 4 heteroatoms. The van der Waals surface area contributed by atoms with E-state index in [1.54, 1.807) is 7.11 Å². The summed E-state index contributed by atoms with van der Waals surface area (Å²) in [6, 6.07) is 0.606. The second-order valence-electron chi connectivity index (χ2n) is 6.71. The third kappa shape index (κ3) is 4.96. The number of carbonyl (C=O) groups is 1. The highest BCUT2D eigenvalue weighted by Crippen LogP contribution is 2.22. The molecule has 21 heavy (non-hydrogen) atoms. The van der Waals surface area contributed by atoms with E-state index < -0.39 is 0 Å². The number of carbonyl (C=O) groups excluding carboxylic acids is 1. The molecule has 2 fully saturated rings. The van der Waals surface area contributed by atoms with Crippen LogP contribution in [-0.4, -0.2) is 61.6 Å². The smallest absolute Gasteiger partial charge is 0.225 e. The number of ether oxygens (including phenoxy) is 1. The first kappa shape index (κ1) is 16.8. The van der Waals surface area contributed by atoms with Gasteiger partial charge in [0, 0.05) is 38.8 Å². The molecule has 0 spiro atoms. The molecular formula is C17H32N2O2. The van der Waals surface area contributed by atoms with Crippen LogP contribution in [0.2, 0.25) is 0 Å². The molecule has 1 amide bonds. The summed E-state index contributed by atoms with van der Waals surface area (Å²) in [6.45, 7) is 7.20. The van der Waals surface area contributed by atoms with Gasteiger partial charge in [0.25, 0.3) is 0 Å². The summed E-state index contributed by atoms with van der Waals surface area (Å²) in [7, 11) is 1.72. The number of amides is 1. The molecule has 2 aliphatic heterocycles. The second kappa shape index (κ2) is 8.74. The fourth-order valence-corrected chi connectivity index (χ4v) is 3.71. The van der Waals surface area contributed by atoms with E-state index in [9.17, 15) is 4.79 Å². The Morgan fingerprint density at radius 1 is 1.19 bits per heavy atom. The van der Waals surface area contributed by atoms with Crippen LogP contribution in [0.5, 0.6) is 0 Å². The molecule has 0 saturated carbocycles. The van der Waals surface area contributed by atoms with E-state index in [-0.39, 0.29) is 5.92 Å². The van der Waals surface area contributed by atoms with Crippen molar-refractivity contribution in [1.29, 1.82) is 0 Å². The van der Waals surface area contributed by atoms with Crippen molar-refractivity contribution < 1.29 is 9.53 Å². The first-order valence-corrected chi connectivity index (χ1v) is 8.74. The lowest BCUT2D eigenvalue weighted by molar-refractivity contribution is -0.137. The molecular weight excluding hydrogens is 264 g/mol. The second-order valence-corrected chi connectivity index (χ2v) is 6.71.